The monoisotopic (exact) mass is 778 g/mol. The topological polar surface area (TPSA) is 222 Å². The lowest BCUT2D eigenvalue weighted by atomic mass is 9.46. The molecule has 0 aromatic rings. The summed E-state index contributed by atoms with van der Waals surface area (Å²) in [6, 6.07) is -2.43. The molecule has 53 heavy (non-hydrogen) atoms. The number of amides is 2. The van der Waals surface area contributed by atoms with Crippen molar-refractivity contribution in [2.75, 3.05) is 18.1 Å². The van der Waals surface area contributed by atoms with Crippen LogP contribution in [0.1, 0.15) is 73.1 Å². The van der Waals surface area contributed by atoms with Gasteiger partial charge in [-0.25, -0.2) is 9.59 Å². The van der Waals surface area contributed by atoms with E-state index in [4.69, 9.17) is 18.9 Å². The van der Waals surface area contributed by atoms with Gasteiger partial charge in [-0.3, -0.25) is 19.2 Å². The smallest absolute Gasteiger partial charge is 0.330 e. The van der Waals surface area contributed by atoms with Gasteiger partial charge >= 0.3 is 11.9 Å². The molecule has 1 saturated heterocycles. The first kappa shape index (κ1) is 40.7. The number of hydrogen-bond donors (Lipinski definition) is 2. The van der Waals surface area contributed by atoms with E-state index in [2.05, 4.69) is 19.8 Å². The Hall–Kier alpha value is -3.48. The van der Waals surface area contributed by atoms with Gasteiger partial charge < -0.3 is 29.6 Å². The molecule has 0 aromatic heterocycles. The van der Waals surface area contributed by atoms with Crippen molar-refractivity contribution in [3.05, 3.63) is 33.6 Å². The third-order valence-corrected chi connectivity index (χ3v) is 12.9. The van der Waals surface area contributed by atoms with E-state index in [9.17, 15) is 38.6 Å². The lowest BCUT2D eigenvalue weighted by molar-refractivity contribution is -0.209. The van der Waals surface area contributed by atoms with E-state index in [1.54, 1.807) is 6.08 Å². The number of nitrogens with one attached hydrogen (secondary N) is 2. The summed E-state index contributed by atoms with van der Waals surface area (Å²) in [5.41, 5.74) is -2.42. The number of nitroso groups, excluding NO2 is 2. The van der Waals surface area contributed by atoms with Crippen LogP contribution in [0.3, 0.4) is 0 Å². The quantitative estimate of drug-likeness (QED) is 0.130. The molecule has 0 spiro atoms. The number of Topliss-reactive ketones (excluding diaryl/α,β-unsaturated/α-hetero) is 1. The van der Waals surface area contributed by atoms with Gasteiger partial charge in [-0.1, -0.05) is 38.8 Å². The number of fused-ring (bicyclic) bond motifs is 7. The van der Waals surface area contributed by atoms with Gasteiger partial charge in [0.2, 0.25) is 17.6 Å². The molecule has 1 aliphatic heterocycles. The molecular formula is C35H46N4O12S2. The van der Waals surface area contributed by atoms with E-state index in [1.165, 1.54) is 19.9 Å². The summed E-state index contributed by atoms with van der Waals surface area (Å²) in [5.74, 6) is -4.49. The molecule has 5 aliphatic rings. The van der Waals surface area contributed by atoms with Crippen molar-refractivity contribution < 1.29 is 47.7 Å². The summed E-state index contributed by atoms with van der Waals surface area (Å²) in [6.45, 7) is 7.62. The van der Waals surface area contributed by atoms with Gasteiger partial charge in [-0.05, 0) is 56.1 Å². The predicted molar refractivity (Wildman–Crippen MR) is 192 cm³/mol. The van der Waals surface area contributed by atoms with Gasteiger partial charge in [0.1, 0.15) is 18.2 Å². The molecule has 3 saturated carbocycles. The molecule has 11 atom stereocenters. The van der Waals surface area contributed by atoms with Crippen LogP contribution < -0.4 is 10.6 Å². The number of carbonyl (C=O) groups excluding carboxylic acids is 6. The second kappa shape index (κ2) is 16.5. The number of carbonyl (C=O) groups is 6. The zero-order valence-electron chi connectivity index (χ0n) is 30.3. The molecule has 0 aromatic carbocycles. The number of allylic oxidation sites excluding steroid dienone is 4. The number of hydrogen-bond acceptors (Lipinski definition) is 16. The lowest BCUT2D eigenvalue weighted by Gasteiger charge is -2.60. The molecule has 4 fully saturated rings. The van der Waals surface area contributed by atoms with Gasteiger partial charge in [0.05, 0.1) is 6.10 Å². The Labute approximate surface area is 315 Å². The molecular weight excluding hydrogens is 733 g/mol. The zero-order valence-corrected chi connectivity index (χ0v) is 32.0. The minimum atomic E-state index is -1.63. The van der Waals surface area contributed by atoms with Gasteiger partial charge in [0, 0.05) is 75.2 Å². The lowest BCUT2D eigenvalue weighted by Crippen LogP contribution is -2.64. The fourth-order valence-electron chi connectivity index (χ4n) is 9.69. The molecule has 2 amide bonds. The minimum Gasteiger partial charge on any atom is -0.460 e. The molecule has 2 N–H and O–H groups in total. The summed E-state index contributed by atoms with van der Waals surface area (Å²) in [5, 5.41) is 4.96. The van der Waals surface area contributed by atoms with Crippen LogP contribution in [0.5, 0.6) is 0 Å². The van der Waals surface area contributed by atoms with Crippen LogP contribution >= 0.6 is 23.9 Å². The minimum absolute atomic E-state index is 0.121. The molecule has 3 unspecified atom stereocenters. The van der Waals surface area contributed by atoms with Gasteiger partial charge in [0.25, 0.3) is 0 Å². The zero-order chi connectivity index (χ0) is 38.7. The van der Waals surface area contributed by atoms with E-state index in [1.807, 2.05) is 26.8 Å². The standard InChI is InChI=1S/C35H46N4O12S2/c1-6-7-29-50-28-13-23-22-9-8-20-12-21(42)10-11-33(20,4)30(22)26(49-32(45)25(17-53-39-47)37-19(3)41)14-34(23,5)35(28,51-29)27(43)15-48-31(44)24(16-52-38-46)36-18(2)40/h10-12,22-26,28-30H,6-9,13-17H2,1-5H3,(H,36,40)(H,37,41)/t22-,23-,24?,25?,26-,28+,29?,30+,33-,34-,35+/m0/s1. The molecule has 0 bridgehead atoms. The maximum Gasteiger partial charge on any atom is 0.330 e. The van der Waals surface area contributed by atoms with Crippen LogP contribution in [0.25, 0.3) is 0 Å². The number of ketones is 2. The van der Waals surface area contributed by atoms with Crippen molar-refractivity contribution in [2.45, 2.75) is 109 Å². The highest BCUT2D eigenvalue weighted by atomic mass is 32.2. The maximum absolute atomic E-state index is 14.7. The summed E-state index contributed by atoms with van der Waals surface area (Å²) in [4.78, 5) is 99.8. The summed E-state index contributed by atoms with van der Waals surface area (Å²) < 4.78 is 30.5. The Morgan fingerprint density at radius 1 is 1.02 bits per heavy atom. The average Bonchev–Trinajstić information content (AvgIpc) is 3.58. The highest BCUT2D eigenvalue weighted by Crippen LogP contribution is 2.70. The van der Waals surface area contributed by atoms with Gasteiger partial charge in [-0.2, -0.15) is 0 Å². The van der Waals surface area contributed by atoms with Crippen LogP contribution in [-0.4, -0.2) is 89.6 Å². The molecule has 4 aliphatic carbocycles. The van der Waals surface area contributed by atoms with Crippen molar-refractivity contribution >= 4 is 59.2 Å². The Kier molecular flexibility index (Phi) is 12.7. The predicted octanol–water partition coefficient (Wildman–Crippen LogP) is 3.66. The largest absolute Gasteiger partial charge is 0.460 e. The van der Waals surface area contributed by atoms with Crippen LogP contribution in [0, 0.1) is 38.4 Å². The molecule has 18 heteroatoms. The first-order valence-electron chi connectivity index (χ1n) is 17.8. The molecule has 0 radical (unpaired) electrons. The third kappa shape index (κ3) is 7.73. The first-order valence-corrected chi connectivity index (χ1v) is 19.6. The Balaban J connectivity index is 1.53. The molecule has 16 nitrogen and oxygen atoms in total. The normalized spacial score (nSPS) is 34.9. The molecule has 5 rings (SSSR count). The second-order valence-corrected chi connectivity index (χ2v) is 16.3. The number of nitrogens with zero attached hydrogens (tertiary/aromatic N) is 2. The maximum atomic E-state index is 14.7. The molecule has 1 heterocycles. The number of rotatable bonds is 16. The van der Waals surface area contributed by atoms with E-state index in [-0.39, 0.29) is 41.5 Å². The fraction of sp³-hybridized carbons (Fsp3) is 0.714. The van der Waals surface area contributed by atoms with Crippen molar-refractivity contribution in [3.63, 3.8) is 0 Å². The van der Waals surface area contributed by atoms with Crippen LogP contribution in [-0.2, 0) is 47.7 Å². The van der Waals surface area contributed by atoms with Crippen molar-refractivity contribution in [3.8, 4) is 0 Å². The van der Waals surface area contributed by atoms with E-state index < -0.39 is 83.2 Å². The van der Waals surface area contributed by atoms with Gasteiger partial charge in [-0.15, -0.1) is 9.81 Å². The fourth-order valence-corrected chi connectivity index (χ4v) is 10.6. The van der Waals surface area contributed by atoms with E-state index >= 15 is 0 Å². The first-order chi connectivity index (χ1) is 25.1. The number of esters is 2. The summed E-state index contributed by atoms with van der Waals surface area (Å²) >= 11 is 1.09. The van der Waals surface area contributed by atoms with Crippen molar-refractivity contribution in [1.29, 1.82) is 0 Å². The Bertz CT molecular complexity index is 1590. The highest BCUT2D eigenvalue weighted by molar-refractivity contribution is 7.98. The van der Waals surface area contributed by atoms with Crippen molar-refractivity contribution in [1.82, 2.24) is 10.6 Å². The van der Waals surface area contributed by atoms with Gasteiger partial charge in [0.15, 0.2) is 24.3 Å². The average molecular weight is 779 g/mol. The summed E-state index contributed by atoms with van der Waals surface area (Å²) in [6.07, 6.45) is 5.66. The van der Waals surface area contributed by atoms with Crippen molar-refractivity contribution in [2.24, 2.45) is 37.7 Å². The molecule has 290 valence electrons. The Morgan fingerprint density at radius 2 is 1.66 bits per heavy atom. The van der Waals surface area contributed by atoms with E-state index in [0.717, 1.165) is 5.57 Å². The van der Waals surface area contributed by atoms with E-state index in [0.29, 0.717) is 56.0 Å². The van der Waals surface area contributed by atoms with Crippen LogP contribution in [0.15, 0.2) is 33.0 Å². The SMILES string of the molecule is CCCC1O[C@@H]2C[C@H]3[C@@H]4CCC5=CC(=O)C=C[C@]5(C)[C@H]4[C@@H](OC(=O)C(CSN=O)NC(C)=O)C[C@]3(C)[C@]2(C(=O)COC(=O)C(CSN=O)NC(C)=O)O1. The number of ether oxygens (including phenoxy) is 4. The second-order valence-electron chi connectivity index (χ2n) is 14.8. The summed E-state index contributed by atoms with van der Waals surface area (Å²) in [7, 11) is 0. The Morgan fingerprint density at radius 3 is 2.26 bits per heavy atom. The highest BCUT2D eigenvalue weighted by Gasteiger charge is 2.76. The van der Waals surface area contributed by atoms with Crippen LogP contribution in [0.4, 0.5) is 0 Å². The van der Waals surface area contributed by atoms with Crippen LogP contribution in [0.2, 0.25) is 0 Å². The third-order valence-electron chi connectivity index (χ3n) is 11.7.